The van der Waals surface area contributed by atoms with Crippen molar-refractivity contribution < 1.29 is 9.21 Å². The summed E-state index contributed by atoms with van der Waals surface area (Å²) in [5.74, 6) is 0.822. The van der Waals surface area contributed by atoms with Crippen LogP contribution in [-0.2, 0) is 4.79 Å². The molecule has 88 valence electrons. The largest absolute Gasteiger partial charge is 0.441 e. The van der Waals surface area contributed by atoms with E-state index in [4.69, 9.17) is 4.42 Å². The number of fused-ring (bicyclic) bond motifs is 1. The van der Waals surface area contributed by atoms with Crippen LogP contribution in [0.3, 0.4) is 0 Å². The summed E-state index contributed by atoms with van der Waals surface area (Å²) in [5.41, 5.74) is 0.887. The molecule has 3 rings (SSSR count). The number of anilines is 1. The Morgan fingerprint density at radius 1 is 1.29 bits per heavy atom. The molecule has 0 unspecified atom stereocenters. The predicted molar refractivity (Wildman–Crippen MR) is 67.3 cm³/mol. The molecule has 0 radical (unpaired) electrons. The van der Waals surface area contributed by atoms with Crippen LogP contribution >= 0.6 is 0 Å². The number of aldehydes is 1. The number of para-hydroxylation sites is 1. The van der Waals surface area contributed by atoms with E-state index < -0.39 is 0 Å². The molecule has 1 aromatic heterocycles. The van der Waals surface area contributed by atoms with Gasteiger partial charge in [-0.2, -0.15) is 0 Å². The summed E-state index contributed by atoms with van der Waals surface area (Å²) < 4.78 is 5.81. The monoisotopic (exact) mass is 229 g/mol. The maximum Gasteiger partial charge on any atom is 0.197 e. The van der Waals surface area contributed by atoms with Gasteiger partial charge in [0.2, 0.25) is 0 Å². The molecule has 3 heteroatoms. The van der Waals surface area contributed by atoms with Crippen LogP contribution in [0, 0.1) is 0 Å². The second kappa shape index (κ2) is 4.24. The molecule has 0 amide bonds. The molecule has 1 atom stereocenters. The standard InChI is InChI=1S/C14H15NO2/c16-10-12-6-3-4-8-15(12)14-9-11-5-1-2-7-13(11)17-14/h1-2,5,7,9-10,12H,3-4,6,8H2/t12-/m1/s1. The number of nitrogens with zero attached hydrogens (tertiary/aromatic N) is 1. The fraction of sp³-hybridized carbons (Fsp3) is 0.357. The number of carbonyl (C=O) groups excluding carboxylic acids is 1. The molecule has 1 aliphatic rings. The second-order valence-electron chi connectivity index (χ2n) is 4.52. The third-order valence-electron chi connectivity index (χ3n) is 3.40. The average Bonchev–Trinajstić information content (AvgIpc) is 2.82. The number of piperidine rings is 1. The Balaban J connectivity index is 1.98. The van der Waals surface area contributed by atoms with E-state index in [2.05, 4.69) is 4.90 Å². The number of hydrogen-bond donors (Lipinski definition) is 0. The van der Waals surface area contributed by atoms with Crippen molar-refractivity contribution in [1.29, 1.82) is 0 Å². The highest BCUT2D eigenvalue weighted by Gasteiger charge is 2.24. The molecule has 1 aromatic carbocycles. The van der Waals surface area contributed by atoms with Gasteiger partial charge in [0.25, 0.3) is 0 Å². The maximum absolute atomic E-state index is 11.1. The zero-order valence-electron chi connectivity index (χ0n) is 9.63. The topological polar surface area (TPSA) is 33.5 Å². The quantitative estimate of drug-likeness (QED) is 0.742. The normalized spacial score (nSPS) is 20.7. The molecule has 0 N–H and O–H groups in total. The minimum Gasteiger partial charge on any atom is -0.441 e. The highest BCUT2D eigenvalue weighted by Crippen LogP contribution is 2.29. The Morgan fingerprint density at radius 2 is 2.18 bits per heavy atom. The van der Waals surface area contributed by atoms with Gasteiger partial charge in [0, 0.05) is 18.0 Å². The first-order valence-electron chi connectivity index (χ1n) is 6.09. The van der Waals surface area contributed by atoms with Crippen LogP contribution in [0.15, 0.2) is 34.7 Å². The van der Waals surface area contributed by atoms with Crippen LogP contribution in [0.2, 0.25) is 0 Å². The molecule has 17 heavy (non-hydrogen) atoms. The van der Waals surface area contributed by atoms with Crippen molar-refractivity contribution in [3.05, 3.63) is 30.3 Å². The fourth-order valence-electron chi connectivity index (χ4n) is 2.48. The Bertz CT molecular complexity index is 499. The van der Waals surface area contributed by atoms with Gasteiger partial charge in [-0.05, 0) is 25.3 Å². The summed E-state index contributed by atoms with van der Waals surface area (Å²) >= 11 is 0. The minimum absolute atomic E-state index is 0.0238. The number of benzene rings is 1. The lowest BCUT2D eigenvalue weighted by Crippen LogP contribution is -2.40. The van der Waals surface area contributed by atoms with Gasteiger partial charge in [-0.25, -0.2) is 0 Å². The maximum atomic E-state index is 11.1. The van der Waals surface area contributed by atoms with E-state index in [0.717, 1.165) is 48.9 Å². The van der Waals surface area contributed by atoms with Crippen molar-refractivity contribution in [3.63, 3.8) is 0 Å². The highest BCUT2D eigenvalue weighted by atomic mass is 16.4. The van der Waals surface area contributed by atoms with Gasteiger partial charge < -0.3 is 14.1 Å². The van der Waals surface area contributed by atoms with Crippen molar-refractivity contribution in [1.82, 2.24) is 0 Å². The Hall–Kier alpha value is -1.77. The van der Waals surface area contributed by atoms with Crippen LogP contribution in [0.1, 0.15) is 19.3 Å². The van der Waals surface area contributed by atoms with Crippen LogP contribution in [0.25, 0.3) is 11.0 Å². The lowest BCUT2D eigenvalue weighted by Gasteiger charge is -2.31. The van der Waals surface area contributed by atoms with Crippen LogP contribution in [-0.4, -0.2) is 18.9 Å². The number of carbonyl (C=O) groups is 1. The third-order valence-corrected chi connectivity index (χ3v) is 3.40. The van der Waals surface area contributed by atoms with E-state index in [1.807, 2.05) is 30.3 Å². The van der Waals surface area contributed by atoms with E-state index in [1.54, 1.807) is 0 Å². The molecule has 0 aliphatic carbocycles. The molecule has 0 saturated carbocycles. The first-order valence-corrected chi connectivity index (χ1v) is 6.09. The van der Waals surface area contributed by atoms with Crippen LogP contribution < -0.4 is 4.90 Å². The van der Waals surface area contributed by atoms with Gasteiger partial charge in [-0.15, -0.1) is 0 Å². The molecule has 0 bridgehead atoms. The summed E-state index contributed by atoms with van der Waals surface area (Å²) in [6.07, 6.45) is 4.22. The summed E-state index contributed by atoms with van der Waals surface area (Å²) in [5, 5.41) is 1.10. The second-order valence-corrected chi connectivity index (χ2v) is 4.52. The molecular formula is C14H15NO2. The Kier molecular flexibility index (Phi) is 2.59. The molecule has 2 heterocycles. The van der Waals surface area contributed by atoms with Gasteiger partial charge >= 0.3 is 0 Å². The van der Waals surface area contributed by atoms with E-state index in [1.165, 1.54) is 0 Å². The minimum atomic E-state index is -0.0238. The smallest absolute Gasteiger partial charge is 0.197 e. The zero-order valence-corrected chi connectivity index (χ0v) is 9.63. The number of furan rings is 1. The molecule has 1 fully saturated rings. The summed E-state index contributed by atoms with van der Waals surface area (Å²) in [6.45, 7) is 0.906. The van der Waals surface area contributed by atoms with Crippen molar-refractivity contribution in [3.8, 4) is 0 Å². The zero-order chi connectivity index (χ0) is 11.7. The van der Waals surface area contributed by atoms with Crippen molar-refractivity contribution >= 4 is 23.1 Å². The van der Waals surface area contributed by atoms with Gasteiger partial charge in [-0.1, -0.05) is 18.2 Å². The van der Waals surface area contributed by atoms with E-state index in [9.17, 15) is 4.79 Å². The summed E-state index contributed by atoms with van der Waals surface area (Å²) in [7, 11) is 0. The molecular weight excluding hydrogens is 214 g/mol. The molecule has 0 spiro atoms. The van der Waals surface area contributed by atoms with Gasteiger partial charge in [0.05, 0.1) is 6.04 Å². The van der Waals surface area contributed by atoms with E-state index in [-0.39, 0.29) is 6.04 Å². The fourth-order valence-corrected chi connectivity index (χ4v) is 2.48. The molecule has 3 nitrogen and oxygen atoms in total. The van der Waals surface area contributed by atoms with Crippen molar-refractivity contribution in [2.45, 2.75) is 25.3 Å². The van der Waals surface area contributed by atoms with Crippen LogP contribution in [0.4, 0.5) is 5.88 Å². The average molecular weight is 229 g/mol. The Morgan fingerprint density at radius 3 is 3.00 bits per heavy atom. The first-order chi connectivity index (χ1) is 8.38. The lowest BCUT2D eigenvalue weighted by atomic mass is 10.0. The summed E-state index contributed by atoms with van der Waals surface area (Å²) in [6, 6.07) is 9.94. The lowest BCUT2D eigenvalue weighted by molar-refractivity contribution is -0.109. The van der Waals surface area contributed by atoms with E-state index in [0.29, 0.717) is 0 Å². The molecule has 1 aliphatic heterocycles. The molecule has 2 aromatic rings. The van der Waals surface area contributed by atoms with Gasteiger partial charge in [0.15, 0.2) is 5.88 Å². The van der Waals surface area contributed by atoms with Gasteiger partial charge in [-0.3, -0.25) is 0 Å². The van der Waals surface area contributed by atoms with E-state index >= 15 is 0 Å². The highest BCUT2D eigenvalue weighted by molar-refractivity contribution is 5.81. The van der Waals surface area contributed by atoms with Crippen molar-refractivity contribution in [2.24, 2.45) is 0 Å². The van der Waals surface area contributed by atoms with Gasteiger partial charge in [0.1, 0.15) is 11.9 Å². The van der Waals surface area contributed by atoms with Crippen LogP contribution in [0.5, 0.6) is 0 Å². The number of hydrogen-bond acceptors (Lipinski definition) is 3. The molecule has 1 saturated heterocycles. The summed E-state index contributed by atoms with van der Waals surface area (Å²) in [4.78, 5) is 13.2. The predicted octanol–water partition coefficient (Wildman–Crippen LogP) is 2.99. The first kappa shape index (κ1) is 10.4. The Labute approximate surface area is 100 Å². The third kappa shape index (κ3) is 1.82. The SMILES string of the molecule is O=C[C@H]1CCCCN1c1cc2ccccc2o1. The van der Waals surface area contributed by atoms with Crippen molar-refractivity contribution in [2.75, 3.05) is 11.4 Å². The number of rotatable bonds is 2.